The van der Waals surface area contributed by atoms with E-state index in [1.165, 1.54) is 27.8 Å². The first-order chi connectivity index (χ1) is 14.7. The van der Waals surface area contributed by atoms with Crippen LogP contribution in [0.1, 0.15) is 23.6 Å². The highest BCUT2D eigenvalue weighted by atomic mass is 15.1. The van der Waals surface area contributed by atoms with E-state index in [0.29, 0.717) is 0 Å². The number of rotatable bonds is 5. The molecule has 5 rings (SSSR count). The zero-order valence-corrected chi connectivity index (χ0v) is 17.5. The van der Waals surface area contributed by atoms with Gasteiger partial charge in [0.15, 0.2) is 5.82 Å². The highest BCUT2D eigenvalue weighted by Gasteiger charge is 2.15. The number of aryl methyl sites for hydroxylation is 1. The van der Waals surface area contributed by atoms with E-state index in [1.54, 1.807) is 0 Å². The summed E-state index contributed by atoms with van der Waals surface area (Å²) >= 11 is 0. The topological polar surface area (TPSA) is 69.4 Å². The van der Waals surface area contributed by atoms with Gasteiger partial charge in [-0.25, -0.2) is 4.98 Å². The van der Waals surface area contributed by atoms with E-state index >= 15 is 0 Å². The average molecular weight is 396 g/mol. The number of aromatic amines is 2. The van der Waals surface area contributed by atoms with Gasteiger partial charge in [0.1, 0.15) is 5.69 Å². The summed E-state index contributed by atoms with van der Waals surface area (Å²) in [7, 11) is 1.99. The maximum absolute atomic E-state index is 4.74. The second-order valence-corrected chi connectivity index (χ2v) is 7.75. The van der Waals surface area contributed by atoms with Crippen LogP contribution < -0.4 is 5.32 Å². The standard InChI is InChI=1S/C25H25N5/c1-4-16-11-18(14-26-3)15(2)19(12-16)17-9-10-21-20(13-17)24(30-29-21)25-27-22-7-5-6-8-23(22)28-25/h5-13,26H,4,14H2,1-3H3,(H,27,28)(H,29,30). The van der Waals surface area contributed by atoms with Crippen molar-refractivity contribution in [1.82, 2.24) is 25.5 Å². The Labute approximate surface area is 175 Å². The van der Waals surface area contributed by atoms with Crippen molar-refractivity contribution in [2.75, 3.05) is 7.05 Å². The van der Waals surface area contributed by atoms with Crippen LogP contribution in [0, 0.1) is 6.92 Å². The van der Waals surface area contributed by atoms with Crippen LogP contribution >= 0.6 is 0 Å². The molecule has 5 nitrogen and oxygen atoms in total. The molecule has 0 saturated heterocycles. The second kappa shape index (κ2) is 7.43. The van der Waals surface area contributed by atoms with E-state index < -0.39 is 0 Å². The summed E-state index contributed by atoms with van der Waals surface area (Å²) in [4.78, 5) is 8.15. The van der Waals surface area contributed by atoms with Crippen LogP contribution in [0.2, 0.25) is 0 Å². The molecule has 2 aromatic heterocycles. The van der Waals surface area contributed by atoms with Crippen molar-refractivity contribution >= 4 is 21.9 Å². The summed E-state index contributed by atoms with van der Waals surface area (Å²) in [6.07, 6.45) is 1.02. The third-order valence-electron chi connectivity index (χ3n) is 5.84. The van der Waals surface area contributed by atoms with Crippen LogP contribution in [0.5, 0.6) is 0 Å². The van der Waals surface area contributed by atoms with Gasteiger partial charge in [0.25, 0.3) is 0 Å². The molecule has 0 saturated carbocycles. The van der Waals surface area contributed by atoms with Crippen LogP contribution in [0.3, 0.4) is 0 Å². The molecule has 0 spiro atoms. The molecule has 30 heavy (non-hydrogen) atoms. The van der Waals surface area contributed by atoms with Crippen LogP contribution in [-0.2, 0) is 13.0 Å². The molecule has 5 aromatic rings. The number of hydrogen-bond acceptors (Lipinski definition) is 3. The fourth-order valence-electron chi connectivity index (χ4n) is 4.15. The number of nitrogens with one attached hydrogen (secondary N) is 3. The van der Waals surface area contributed by atoms with Gasteiger partial charge in [-0.1, -0.05) is 37.3 Å². The zero-order chi connectivity index (χ0) is 20.7. The molecule has 0 atom stereocenters. The smallest absolute Gasteiger partial charge is 0.159 e. The third-order valence-corrected chi connectivity index (χ3v) is 5.84. The van der Waals surface area contributed by atoms with Crippen molar-refractivity contribution in [3.8, 4) is 22.6 Å². The predicted molar refractivity (Wildman–Crippen MR) is 123 cm³/mol. The molecular weight excluding hydrogens is 370 g/mol. The van der Waals surface area contributed by atoms with Gasteiger partial charge >= 0.3 is 0 Å². The van der Waals surface area contributed by atoms with Gasteiger partial charge in [-0.05, 0) is 72.5 Å². The molecule has 3 N–H and O–H groups in total. The van der Waals surface area contributed by atoms with Crippen LogP contribution in [0.4, 0.5) is 0 Å². The quantitative estimate of drug-likeness (QED) is 0.375. The first-order valence-electron chi connectivity index (χ1n) is 10.4. The van der Waals surface area contributed by atoms with E-state index in [0.717, 1.165) is 46.4 Å². The summed E-state index contributed by atoms with van der Waals surface area (Å²) in [6.45, 7) is 5.28. The number of H-pyrrole nitrogens is 2. The second-order valence-electron chi connectivity index (χ2n) is 7.75. The first-order valence-corrected chi connectivity index (χ1v) is 10.4. The number of benzene rings is 3. The van der Waals surface area contributed by atoms with Gasteiger partial charge in [0, 0.05) is 11.9 Å². The Morgan fingerprint density at radius 3 is 2.67 bits per heavy atom. The lowest BCUT2D eigenvalue weighted by Gasteiger charge is -2.14. The van der Waals surface area contributed by atoms with Crippen molar-refractivity contribution in [2.24, 2.45) is 0 Å². The van der Waals surface area contributed by atoms with Crippen molar-refractivity contribution < 1.29 is 0 Å². The summed E-state index contributed by atoms with van der Waals surface area (Å²) in [5.41, 5.74) is 10.3. The number of nitrogens with zero attached hydrogens (tertiary/aromatic N) is 2. The number of hydrogen-bond donors (Lipinski definition) is 3. The Morgan fingerprint density at radius 2 is 1.87 bits per heavy atom. The lowest BCUT2D eigenvalue weighted by atomic mass is 9.92. The monoisotopic (exact) mass is 395 g/mol. The number of imidazole rings is 1. The Bertz CT molecular complexity index is 1330. The van der Waals surface area contributed by atoms with Crippen molar-refractivity contribution in [3.05, 3.63) is 71.3 Å². The predicted octanol–water partition coefficient (Wildman–Crippen LogP) is 5.36. The van der Waals surface area contributed by atoms with E-state index in [-0.39, 0.29) is 0 Å². The Kier molecular flexibility index (Phi) is 4.60. The molecule has 0 aliphatic heterocycles. The molecule has 0 fully saturated rings. The van der Waals surface area contributed by atoms with Gasteiger partial charge in [0.05, 0.1) is 16.6 Å². The van der Waals surface area contributed by atoms with Gasteiger partial charge in [0.2, 0.25) is 0 Å². The number of para-hydroxylation sites is 2. The van der Waals surface area contributed by atoms with Gasteiger partial charge in [-0.2, -0.15) is 5.10 Å². The summed E-state index contributed by atoms with van der Waals surface area (Å²) < 4.78 is 0. The van der Waals surface area contributed by atoms with E-state index in [9.17, 15) is 0 Å². The minimum Gasteiger partial charge on any atom is -0.337 e. The highest BCUT2D eigenvalue weighted by molar-refractivity contribution is 5.96. The molecule has 3 aromatic carbocycles. The largest absolute Gasteiger partial charge is 0.337 e. The molecule has 5 heteroatoms. The average Bonchev–Trinajstić information content (AvgIpc) is 3.38. The molecular formula is C25H25N5. The molecule has 0 radical (unpaired) electrons. The summed E-state index contributed by atoms with van der Waals surface area (Å²) in [5.74, 6) is 0.787. The highest BCUT2D eigenvalue weighted by Crippen LogP contribution is 2.33. The minimum atomic E-state index is 0.787. The normalized spacial score (nSPS) is 11.6. The maximum atomic E-state index is 4.74. The van der Waals surface area contributed by atoms with Crippen LogP contribution in [-0.4, -0.2) is 27.2 Å². The number of aromatic nitrogens is 4. The van der Waals surface area contributed by atoms with Gasteiger partial charge in [-0.3, -0.25) is 5.10 Å². The third kappa shape index (κ3) is 3.08. The fraction of sp³-hybridized carbons (Fsp3) is 0.200. The molecule has 0 aliphatic carbocycles. The first kappa shape index (κ1) is 18.6. The fourth-order valence-corrected chi connectivity index (χ4v) is 4.15. The van der Waals surface area contributed by atoms with E-state index in [1.807, 2.05) is 31.3 Å². The molecule has 2 heterocycles. The van der Waals surface area contributed by atoms with Crippen LogP contribution in [0.25, 0.3) is 44.6 Å². The van der Waals surface area contributed by atoms with E-state index in [4.69, 9.17) is 4.98 Å². The molecule has 0 amide bonds. The molecule has 0 unspecified atom stereocenters. The van der Waals surface area contributed by atoms with Crippen molar-refractivity contribution in [3.63, 3.8) is 0 Å². The Balaban J connectivity index is 1.67. The minimum absolute atomic E-state index is 0.787. The van der Waals surface area contributed by atoms with Crippen molar-refractivity contribution in [2.45, 2.75) is 26.8 Å². The lowest BCUT2D eigenvalue weighted by Crippen LogP contribution is -2.08. The lowest BCUT2D eigenvalue weighted by molar-refractivity contribution is 0.810. The SMILES string of the molecule is CCc1cc(CNC)c(C)c(-c2ccc3[nH]nc(-c4nc5ccccc5[nH]4)c3c2)c1. The molecule has 0 aliphatic rings. The zero-order valence-electron chi connectivity index (χ0n) is 17.5. The Hall–Kier alpha value is -3.44. The van der Waals surface area contributed by atoms with Crippen LogP contribution in [0.15, 0.2) is 54.6 Å². The molecule has 0 bridgehead atoms. The van der Waals surface area contributed by atoms with E-state index in [2.05, 4.69) is 64.7 Å². The van der Waals surface area contributed by atoms with Gasteiger partial charge < -0.3 is 10.3 Å². The molecule has 150 valence electrons. The number of fused-ring (bicyclic) bond motifs is 2. The maximum Gasteiger partial charge on any atom is 0.159 e. The van der Waals surface area contributed by atoms with Crippen molar-refractivity contribution in [1.29, 1.82) is 0 Å². The Morgan fingerprint density at radius 1 is 1.00 bits per heavy atom. The summed E-state index contributed by atoms with van der Waals surface area (Å²) in [6, 6.07) is 19.2. The van der Waals surface area contributed by atoms with Gasteiger partial charge in [-0.15, -0.1) is 0 Å². The summed E-state index contributed by atoms with van der Waals surface area (Å²) in [5, 5.41) is 12.1.